The van der Waals surface area contributed by atoms with Crippen molar-refractivity contribution < 1.29 is 19.0 Å². The largest absolute Gasteiger partial charge is 0.493 e. The van der Waals surface area contributed by atoms with Crippen LogP contribution >= 0.6 is 0 Å². The van der Waals surface area contributed by atoms with Crippen LogP contribution in [-0.2, 0) is 17.6 Å². The van der Waals surface area contributed by atoms with Crippen LogP contribution < -0.4 is 14.2 Å². The van der Waals surface area contributed by atoms with Crippen molar-refractivity contribution in [1.82, 2.24) is 4.90 Å². The van der Waals surface area contributed by atoms with E-state index in [0.717, 1.165) is 41.7 Å². The average Bonchev–Trinajstić information content (AvgIpc) is 2.92. The number of ether oxygens (including phenoxy) is 3. The van der Waals surface area contributed by atoms with Crippen molar-refractivity contribution in [3.8, 4) is 17.2 Å². The molecule has 4 rings (SSSR count). The van der Waals surface area contributed by atoms with E-state index < -0.39 is 0 Å². The Morgan fingerprint density at radius 2 is 1.66 bits per heavy atom. The normalized spacial score (nSPS) is 15.8. The van der Waals surface area contributed by atoms with Gasteiger partial charge in [-0.15, -0.1) is 0 Å². The second-order valence-electron chi connectivity index (χ2n) is 8.88. The van der Waals surface area contributed by atoms with Gasteiger partial charge in [-0.1, -0.05) is 56.3 Å². The van der Waals surface area contributed by atoms with Crippen LogP contribution in [0.4, 0.5) is 0 Å². The van der Waals surface area contributed by atoms with Gasteiger partial charge in [0.1, 0.15) is 12.4 Å². The van der Waals surface area contributed by atoms with Crippen molar-refractivity contribution in [3.63, 3.8) is 0 Å². The van der Waals surface area contributed by atoms with Crippen molar-refractivity contribution in [2.24, 2.45) is 0 Å². The second kappa shape index (κ2) is 11.3. The molecule has 184 valence electrons. The Hall–Kier alpha value is -3.47. The summed E-state index contributed by atoms with van der Waals surface area (Å²) in [6.45, 7) is 5.21. The van der Waals surface area contributed by atoms with Gasteiger partial charge in [-0.3, -0.25) is 4.79 Å². The summed E-state index contributed by atoms with van der Waals surface area (Å²) in [5.41, 5.74) is 4.53. The molecule has 0 aromatic heterocycles. The second-order valence-corrected chi connectivity index (χ2v) is 8.88. The number of hydrogen-bond acceptors (Lipinski definition) is 4. The molecule has 1 aliphatic heterocycles. The van der Waals surface area contributed by atoms with Gasteiger partial charge in [-0.05, 0) is 65.8 Å². The zero-order valence-corrected chi connectivity index (χ0v) is 21.1. The number of nitrogens with zero attached hydrogens (tertiary/aromatic N) is 1. The lowest BCUT2D eigenvalue weighted by Gasteiger charge is -2.39. The van der Waals surface area contributed by atoms with E-state index in [4.69, 9.17) is 14.2 Å². The Kier molecular flexibility index (Phi) is 7.96. The average molecular weight is 474 g/mol. The molecule has 5 heteroatoms. The van der Waals surface area contributed by atoms with Gasteiger partial charge in [0.25, 0.3) is 0 Å². The molecular weight excluding hydrogens is 438 g/mol. The molecule has 35 heavy (non-hydrogen) atoms. The minimum atomic E-state index is -0.227. The maximum Gasteiger partial charge on any atom is 0.230 e. The molecule has 0 bridgehead atoms. The number of fused-ring (bicyclic) bond motifs is 1. The molecule has 1 aliphatic rings. The van der Waals surface area contributed by atoms with Gasteiger partial charge in [0.05, 0.1) is 26.2 Å². The van der Waals surface area contributed by atoms with Gasteiger partial charge in [0, 0.05) is 6.54 Å². The molecular formula is C30H35NO4. The summed E-state index contributed by atoms with van der Waals surface area (Å²) in [7, 11) is 3.29. The van der Waals surface area contributed by atoms with Crippen molar-refractivity contribution >= 4 is 5.91 Å². The van der Waals surface area contributed by atoms with E-state index in [1.807, 2.05) is 59.5 Å². The summed E-state index contributed by atoms with van der Waals surface area (Å²) < 4.78 is 17.4. The highest BCUT2D eigenvalue weighted by molar-refractivity contribution is 5.84. The minimum Gasteiger partial charge on any atom is -0.493 e. The van der Waals surface area contributed by atoms with E-state index >= 15 is 0 Å². The first kappa shape index (κ1) is 24.6. The zero-order chi connectivity index (χ0) is 24.8. The standard InChI is InChI=1S/C30H35NO4/c1-5-21-12-14-24(15-13-21)35-20-27-26-19-29(34-4)28(33-3)18-23(26)16-17-31(27)30(32)25(6-2)22-10-8-7-9-11-22/h7-15,18-19,25,27H,5-6,16-17,20H2,1-4H3/t25-,27+/m0/s1. The Balaban J connectivity index is 1.68. The van der Waals surface area contributed by atoms with Crippen LogP contribution in [0.2, 0.25) is 0 Å². The quantitative estimate of drug-likeness (QED) is 0.384. The molecule has 1 heterocycles. The molecule has 0 spiro atoms. The molecule has 0 N–H and O–H groups in total. The van der Waals surface area contributed by atoms with Crippen LogP contribution in [0.1, 0.15) is 54.5 Å². The molecule has 2 atom stereocenters. The zero-order valence-electron chi connectivity index (χ0n) is 21.1. The van der Waals surface area contributed by atoms with Gasteiger partial charge < -0.3 is 19.1 Å². The SMILES string of the molecule is CCc1ccc(OC[C@@H]2c3cc(OC)c(OC)cc3CCN2C(=O)[C@@H](CC)c2ccccc2)cc1. The van der Waals surface area contributed by atoms with Crippen LogP contribution in [0.25, 0.3) is 0 Å². The number of carbonyl (C=O) groups is 1. The Morgan fingerprint density at radius 3 is 2.29 bits per heavy atom. The number of amides is 1. The molecule has 0 aliphatic carbocycles. The third-order valence-electron chi connectivity index (χ3n) is 6.93. The van der Waals surface area contributed by atoms with Gasteiger partial charge in [0.2, 0.25) is 5.91 Å². The topological polar surface area (TPSA) is 48.0 Å². The third-order valence-corrected chi connectivity index (χ3v) is 6.93. The number of methoxy groups -OCH3 is 2. The summed E-state index contributed by atoms with van der Waals surface area (Å²) in [4.78, 5) is 15.9. The predicted molar refractivity (Wildman–Crippen MR) is 138 cm³/mol. The lowest BCUT2D eigenvalue weighted by molar-refractivity contribution is -0.136. The molecule has 0 saturated heterocycles. The summed E-state index contributed by atoms with van der Waals surface area (Å²) in [6, 6.07) is 22.0. The van der Waals surface area contributed by atoms with Gasteiger partial charge in [-0.25, -0.2) is 0 Å². The number of aryl methyl sites for hydroxylation is 1. The van der Waals surface area contributed by atoms with Crippen molar-refractivity contribution in [2.75, 3.05) is 27.4 Å². The molecule has 3 aromatic rings. The lowest BCUT2D eigenvalue weighted by Crippen LogP contribution is -2.44. The molecule has 5 nitrogen and oxygen atoms in total. The maximum atomic E-state index is 13.9. The van der Waals surface area contributed by atoms with Gasteiger partial charge >= 0.3 is 0 Å². The molecule has 0 fully saturated rings. The number of carbonyl (C=O) groups excluding carboxylic acids is 1. The minimum absolute atomic E-state index is 0.133. The molecule has 3 aromatic carbocycles. The highest BCUT2D eigenvalue weighted by atomic mass is 16.5. The predicted octanol–water partition coefficient (Wildman–Crippen LogP) is 5.96. The van der Waals surface area contributed by atoms with Gasteiger partial charge in [0.15, 0.2) is 11.5 Å². The van der Waals surface area contributed by atoms with Gasteiger partial charge in [-0.2, -0.15) is 0 Å². The lowest BCUT2D eigenvalue weighted by atomic mass is 9.89. The first-order chi connectivity index (χ1) is 17.1. The number of benzene rings is 3. The van der Waals surface area contributed by atoms with Crippen LogP contribution in [-0.4, -0.2) is 38.2 Å². The van der Waals surface area contributed by atoms with Crippen LogP contribution in [0, 0.1) is 0 Å². The summed E-state index contributed by atoms with van der Waals surface area (Å²) >= 11 is 0. The summed E-state index contributed by atoms with van der Waals surface area (Å²) in [5, 5.41) is 0. The van der Waals surface area contributed by atoms with E-state index in [9.17, 15) is 4.79 Å². The van der Waals surface area contributed by atoms with Crippen molar-refractivity contribution in [2.45, 2.75) is 45.1 Å². The summed E-state index contributed by atoms with van der Waals surface area (Å²) in [5.74, 6) is 2.11. The fourth-order valence-corrected chi connectivity index (χ4v) is 4.91. The van der Waals surface area contributed by atoms with Crippen LogP contribution in [0.5, 0.6) is 17.2 Å². The molecule has 1 amide bonds. The van der Waals surface area contributed by atoms with E-state index in [-0.39, 0.29) is 17.9 Å². The molecule has 0 radical (unpaired) electrons. The Bertz CT molecular complexity index is 1130. The smallest absolute Gasteiger partial charge is 0.230 e. The first-order valence-corrected chi connectivity index (χ1v) is 12.4. The highest BCUT2D eigenvalue weighted by Gasteiger charge is 2.35. The molecule has 0 unspecified atom stereocenters. The Morgan fingerprint density at radius 1 is 0.971 bits per heavy atom. The maximum absolute atomic E-state index is 13.9. The van der Waals surface area contributed by atoms with Crippen molar-refractivity contribution in [1.29, 1.82) is 0 Å². The van der Waals surface area contributed by atoms with E-state index in [1.54, 1.807) is 14.2 Å². The van der Waals surface area contributed by atoms with E-state index in [2.05, 4.69) is 26.0 Å². The van der Waals surface area contributed by atoms with Crippen LogP contribution in [0.3, 0.4) is 0 Å². The van der Waals surface area contributed by atoms with E-state index in [1.165, 1.54) is 5.56 Å². The first-order valence-electron chi connectivity index (χ1n) is 12.4. The van der Waals surface area contributed by atoms with E-state index in [0.29, 0.717) is 24.7 Å². The Labute approximate surface area is 208 Å². The number of rotatable bonds is 9. The number of hydrogen-bond donors (Lipinski definition) is 0. The summed E-state index contributed by atoms with van der Waals surface area (Å²) in [6.07, 6.45) is 2.48. The monoisotopic (exact) mass is 473 g/mol. The highest BCUT2D eigenvalue weighted by Crippen LogP contribution is 2.40. The van der Waals surface area contributed by atoms with Crippen LogP contribution in [0.15, 0.2) is 66.7 Å². The fraction of sp³-hybridized carbons (Fsp3) is 0.367. The fourth-order valence-electron chi connectivity index (χ4n) is 4.91. The van der Waals surface area contributed by atoms with Crippen molar-refractivity contribution in [3.05, 3.63) is 89.0 Å². The third kappa shape index (κ3) is 5.29. The molecule has 0 saturated carbocycles.